The molecule has 3 rings (SSSR count). The first-order valence-corrected chi connectivity index (χ1v) is 9.30. The number of aliphatic imine (C=N–C) groups is 1. The highest BCUT2D eigenvalue weighted by Crippen LogP contribution is 2.23. The van der Waals surface area contributed by atoms with Crippen LogP contribution in [0.15, 0.2) is 34.2 Å². The molecule has 0 radical (unpaired) electrons. The van der Waals surface area contributed by atoms with E-state index in [-0.39, 0.29) is 16.5 Å². The minimum Gasteiger partial charge on any atom is -0.453 e. The van der Waals surface area contributed by atoms with E-state index in [1.165, 1.54) is 13.0 Å². The van der Waals surface area contributed by atoms with Crippen LogP contribution in [0.1, 0.15) is 38.2 Å². The molecule has 8 heteroatoms. The number of esters is 1. The summed E-state index contributed by atoms with van der Waals surface area (Å²) in [6, 6.07) is 5.50. The van der Waals surface area contributed by atoms with Crippen LogP contribution < -0.4 is 4.72 Å². The Balaban J connectivity index is 1.77. The van der Waals surface area contributed by atoms with Crippen molar-refractivity contribution in [3.63, 3.8) is 0 Å². The van der Waals surface area contributed by atoms with Crippen LogP contribution in [0.25, 0.3) is 0 Å². The number of rotatable bonds is 3. The standard InChI is InChI=1S/C16H18N2O5S/c1-10(16(20)23-13-8-4-3-7-12(13)19)17-15-11-6-2-5-9-14(11)24(21,22)18-15/h2,5-6,9-10,13H,3-4,7-8H2,1H3,(H,17,18)/t10-,13+/m0/s1. The van der Waals surface area contributed by atoms with E-state index in [0.29, 0.717) is 18.4 Å². The molecule has 0 bridgehead atoms. The number of carbonyl (C=O) groups is 2. The highest BCUT2D eigenvalue weighted by atomic mass is 32.2. The number of fused-ring (bicyclic) bond motifs is 1. The van der Waals surface area contributed by atoms with E-state index in [9.17, 15) is 18.0 Å². The summed E-state index contributed by atoms with van der Waals surface area (Å²) in [5.74, 6) is -0.585. The molecule has 1 aromatic carbocycles. The zero-order valence-corrected chi connectivity index (χ0v) is 14.0. The van der Waals surface area contributed by atoms with Crippen molar-refractivity contribution in [2.45, 2.75) is 49.6 Å². The van der Waals surface area contributed by atoms with Crippen molar-refractivity contribution in [1.29, 1.82) is 0 Å². The zero-order valence-electron chi connectivity index (χ0n) is 13.2. The van der Waals surface area contributed by atoms with Crippen LogP contribution in [0.4, 0.5) is 0 Å². The van der Waals surface area contributed by atoms with Gasteiger partial charge in [-0.05, 0) is 38.3 Å². The van der Waals surface area contributed by atoms with Gasteiger partial charge in [0.2, 0.25) is 0 Å². The van der Waals surface area contributed by atoms with Crippen LogP contribution in [0, 0.1) is 0 Å². The summed E-state index contributed by atoms with van der Waals surface area (Å²) in [6.07, 6.45) is 1.92. The Hall–Kier alpha value is -2.22. The molecule has 2 atom stereocenters. The maximum atomic E-state index is 12.2. The number of benzene rings is 1. The van der Waals surface area contributed by atoms with Gasteiger partial charge in [-0.15, -0.1) is 0 Å². The molecule has 1 fully saturated rings. The number of carbonyl (C=O) groups excluding carboxylic acids is 2. The molecule has 1 saturated carbocycles. The molecular weight excluding hydrogens is 332 g/mol. The molecule has 0 unspecified atom stereocenters. The third kappa shape index (κ3) is 3.19. The predicted molar refractivity (Wildman–Crippen MR) is 86.1 cm³/mol. The van der Waals surface area contributed by atoms with Crippen LogP contribution in [0.3, 0.4) is 0 Å². The monoisotopic (exact) mass is 350 g/mol. The average Bonchev–Trinajstić information content (AvgIpc) is 2.81. The smallest absolute Gasteiger partial charge is 0.331 e. The predicted octanol–water partition coefficient (Wildman–Crippen LogP) is 1.17. The summed E-state index contributed by atoms with van der Waals surface area (Å²) in [4.78, 5) is 28.2. The van der Waals surface area contributed by atoms with Crippen LogP contribution in [0.5, 0.6) is 0 Å². The van der Waals surface area contributed by atoms with Crippen molar-refractivity contribution in [3.05, 3.63) is 29.8 Å². The minimum absolute atomic E-state index is 0.0682. The molecule has 24 heavy (non-hydrogen) atoms. The Bertz CT molecular complexity index is 816. The van der Waals surface area contributed by atoms with E-state index in [1.54, 1.807) is 18.2 Å². The van der Waals surface area contributed by atoms with Crippen LogP contribution in [0.2, 0.25) is 0 Å². The number of Topliss-reactive ketones (excluding diaryl/α,β-unsaturated/α-hetero) is 1. The second-order valence-corrected chi connectivity index (χ2v) is 7.54. The van der Waals surface area contributed by atoms with Gasteiger partial charge in [-0.25, -0.2) is 13.2 Å². The lowest BCUT2D eigenvalue weighted by atomic mass is 9.96. The van der Waals surface area contributed by atoms with Crippen molar-refractivity contribution in [1.82, 2.24) is 4.72 Å². The van der Waals surface area contributed by atoms with Crippen molar-refractivity contribution >= 4 is 27.6 Å². The van der Waals surface area contributed by atoms with Gasteiger partial charge >= 0.3 is 5.97 Å². The molecule has 1 aliphatic carbocycles. The molecule has 0 aromatic heterocycles. The van der Waals surface area contributed by atoms with Gasteiger partial charge in [0.25, 0.3) is 10.0 Å². The van der Waals surface area contributed by atoms with Gasteiger partial charge < -0.3 is 4.74 Å². The number of hydrogen-bond acceptors (Lipinski definition) is 6. The summed E-state index contributed by atoms with van der Waals surface area (Å²) in [7, 11) is -3.65. The zero-order chi connectivity index (χ0) is 17.3. The Kier molecular flexibility index (Phi) is 4.40. The molecule has 128 valence electrons. The van der Waals surface area contributed by atoms with Crippen molar-refractivity contribution in [2.24, 2.45) is 4.99 Å². The number of sulfonamides is 1. The van der Waals surface area contributed by atoms with E-state index in [4.69, 9.17) is 4.74 Å². The highest BCUT2D eigenvalue weighted by molar-refractivity contribution is 7.90. The molecule has 1 heterocycles. The molecule has 0 spiro atoms. The van der Waals surface area contributed by atoms with Gasteiger partial charge in [0.05, 0.1) is 4.90 Å². The molecule has 1 aliphatic heterocycles. The van der Waals surface area contributed by atoms with Crippen LogP contribution in [-0.4, -0.2) is 38.2 Å². The Labute approximate surface area is 140 Å². The van der Waals surface area contributed by atoms with E-state index in [2.05, 4.69) is 9.71 Å². The largest absolute Gasteiger partial charge is 0.453 e. The number of nitrogens with zero attached hydrogens (tertiary/aromatic N) is 1. The summed E-state index contributed by atoms with van der Waals surface area (Å²) >= 11 is 0. The van der Waals surface area contributed by atoms with Gasteiger partial charge in [0, 0.05) is 12.0 Å². The first kappa shape index (κ1) is 16.6. The quantitative estimate of drug-likeness (QED) is 0.825. The summed E-state index contributed by atoms with van der Waals surface area (Å²) in [5, 5.41) is 0. The van der Waals surface area contributed by atoms with E-state index >= 15 is 0 Å². The fourth-order valence-electron chi connectivity index (χ4n) is 2.79. The molecular formula is C16H18N2O5S. The Morgan fingerprint density at radius 2 is 2.08 bits per heavy atom. The molecule has 1 aromatic rings. The molecule has 0 amide bonds. The van der Waals surface area contributed by atoms with Gasteiger partial charge in [0.1, 0.15) is 11.9 Å². The fourth-order valence-corrected chi connectivity index (χ4v) is 4.03. The molecule has 0 saturated heterocycles. The number of ketones is 1. The number of nitrogens with one attached hydrogen (secondary N) is 1. The lowest BCUT2D eigenvalue weighted by molar-refractivity contribution is -0.157. The molecule has 1 N–H and O–H groups in total. The van der Waals surface area contributed by atoms with Crippen molar-refractivity contribution in [3.8, 4) is 0 Å². The van der Waals surface area contributed by atoms with Gasteiger partial charge in [-0.1, -0.05) is 12.1 Å². The Morgan fingerprint density at radius 1 is 1.33 bits per heavy atom. The van der Waals surface area contributed by atoms with Crippen molar-refractivity contribution in [2.75, 3.05) is 0 Å². The SMILES string of the molecule is C[C@H](N=C1NS(=O)(=O)c2ccccc21)C(=O)O[C@@H]1CCCCC1=O. The maximum absolute atomic E-state index is 12.2. The lowest BCUT2D eigenvalue weighted by Gasteiger charge is -2.21. The Morgan fingerprint density at radius 3 is 2.83 bits per heavy atom. The first-order chi connectivity index (χ1) is 11.4. The third-order valence-corrected chi connectivity index (χ3v) is 5.48. The van der Waals surface area contributed by atoms with E-state index < -0.39 is 28.1 Å². The number of ether oxygens (including phenoxy) is 1. The summed E-state index contributed by atoms with van der Waals surface area (Å²) in [5.41, 5.74) is 0.422. The van der Waals surface area contributed by atoms with E-state index in [1.807, 2.05) is 0 Å². The summed E-state index contributed by atoms with van der Waals surface area (Å²) in [6.45, 7) is 1.51. The number of hydrogen-bond donors (Lipinski definition) is 1. The first-order valence-electron chi connectivity index (χ1n) is 7.82. The normalized spacial score (nSPS) is 25.0. The second-order valence-electron chi connectivity index (χ2n) is 5.89. The second kappa shape index (κ2) is 6.35. The van der Waals surface area contributed by atoms with Crippen molar-refractivity contribution < 1.29 is 22.7 Å². The van der Waals surface area contributed by atoms with Crippen LogP contribution >= 0.6 is 0 Å². The summed E-state index contributed by atoms with van der Waals surface area (Å²) < 4.78 is 31.6. The number of amidine groups is 1. The average molecular weight is 350 g/mol. The fraction of sp³-hybridized carbons (Fsp3) is 0.438. The van der Waals surface area contributed by atoms with Crippen LogP contribution in [-0.2, 0) is 24.3 Å². The van der Waals surface area contributed by atoms with E-state index in [0.717, 1.165) is 12.8 Å². The molecule has 7 nitrogen and oxygen atoms in total. The van der Waals surface area contributed by atoms with Gasteiger partial charge in [0.15, 0.2) is 11.9 Å². The molecule has 2 aliphatic rings. The third-order valence-electron chi connectivity index (χ3n) is 4.08. The highest BCUT2D eigenvalue weighted by Gasteiger charge is 2.32. The topological polar surface area (TPSA) is 102 Å². The van der Waals surface area contributed by atoms with Gasteiger partial charge in [-0.2, -0.15) is 0 Å². The van der Waals surface area contributed by atoms with Gasteiger partial charge in [-0.3, -0.25) is 14.5 Å². The maximum Gasteiger partial charge on any atom is 0.331 e. The lowest BCUT2D eigenvalue weighted by Crippen LogP contribution is -2.34. The minimum atomic E-state index is -3.65.